The molecule has 7 nitrogen and oxygen atoms in total. The molecule has 3 aromatic rings. The van der Waals surface area contributed by atoms with Crippen LogP contribution in [0.2, 0.25) is 0 Å². The highest BCUT2D eigenvalue weighted by molar-refractivity contribution is 7.89. The second kappa shape index (κ2) is 7.37. The highest BCUT2D eigenvalue weighted by atomic mass is 32.2. The van der Waals surface area contributed by atoms with Crippen LogP contribution >= 0.6 is 0 Å². The van der Waals surface area contributed by atoms with E-state index < -0.39 is 21.1 Å². The van der Waals surface area contributed by atoms with Gasteiger partial charge in [-0.2, -0.15) is 0 Å². The van der Waals surface area contributed by atoms with Crippen LogP contribution in [-0.2, 0) is 24.1 Å². The number of hydrogen-bond donors (Lipinski definition) is 1. The van der Waals surface area contributed by atoms with Gasteiger partial charge in [0.1, 0.15) is 0 Å². The minimum Gasteiger partial charge on any atom is -0.305 e. The van der Waals surface area contributed by atoms with Gasteiger partial charge in [-0.1, -0.05) is 37.3 Å². The predicted octanol–water partition coefficient (Wildman–Crippen LogP) is 1.63. The summed E-state index contributed by atoms with van der Waals surface area (Å²) in [5, 5.41) is 0. The molecule has 0 aliphatic rings. The molecule has 0 spiro atoms. The number of fused-ring (bicyclic) bond motifs is 1. The van der Waals surface area contributed by atoms with Crippen LogP contribution in [-0.4, -0.2) is 24.1 Å². The van der Waals surface area contributed by atoms with Gasteiger partial charge in [-0.25, -0.2) is 13.1 Å². The molecule has 8 heteroatoms. The zero-order valence-corrected chi connectivity index (χ0v) is 17.1. The fourth-order valence-electron chi connectivity index (χ4n) is 3.21. The molecule has 0 bridgehead atoms. The van der Waals surface area contributed by atoms with Crippen molar-refractivity contribution in [2.24, 2.45) is 14.1 Å². The molecule has 1 aromatic heterocycles. The van der Waals surface area contributed by atoms with Gasteiger partial charge in [0.25, 0.3) is 0 Å². The molecular formula is C20H23N3O4S. The van der Waals surface area contributed by atoms with Crippen molar-refractivity contribution in [1.29, 1.82) is 0 Å². The number of hydrogen-bond acceptors (Lipinski definition) is 4. The average Bonchev–Trinajstić information content (AvgIpc) is 2.69. The zero-order valence-electron chi connectivity index (χ0n) is 16.3. The summed E-state index contributed by atoms with van der Waals surface area (Å²) in [7, 11) is -0.830. The molecule has 1 atom stereocenters. The fourth-order valence-corrected chi connectivity index (χ4v) is 4.58. The van der Waals surface area contributed by atoms with Crippen LogP contribution in [0.3, 0.4) is 0 Å². The van der Waals surface area contributed by atoms with Gasteiger partial charge >= 0.3 is 11.1 Å². The molecule has 148 valence electrons. The van der Waals surface area contributed by atoms with Crippen molar-refractivity contribution in [2.45, 2.75) is 24.7 Å². The van der Waals surface area contributed by atoms with Crippen LogP contribution in [0.25, 0.3) is 11.0 Å². The van der Waals surface area contributed by atoms with E-state index in [1.807, 2.05) is 37.3 Å². The van der Waals surface area contributed by atoms with Crippen molar-refractivity contribution >= 4 is 21.1 Å². The first-order valence-electron chi connectivity index (χ1n) is 8.88. The maximum absolute atomic E-state index is 12.9. The van der Waals surface area contributed by atoms with Gasteiger partial charge in [-0.05, 0) is 36.1 Å². The minimum atomic E-state index is -3.79. The molecule has 0 amide bonds. The van der Waals surface area contributed by atoms with Crippen LogP contribution in [0.15, 0.2) is 56.9 Å². The Balaban J connectivity index is 2.01. The van der Waals surface area contributed by atoms with Crippen LogP contribution in [0, 0.1) is 6.92 Å². The van der Waals surface area contributed by atoms with Crippen LogP contribution < -0.4 is 15.8 Å². The molecule has 28 heavy (non-hydrogen) atoms. The van der Waals surface area contributed by atoms with Gasteiger partial charge < -0.3 is 9.13 Å². The van der Waals surface area contributed by atoms with Gasteiger partial charge in [-0.15, -0.1) is 0 Å². The first kappa shape index (κ1) is 20.0. The Hall–Kier alpha value is -2.71. The number of nitrogens with one attached hydrogen (secondary N) is 1. The summed E-state index contributed by atoms with van der Waals surface area (Å²) >= 11 is 0. The molecule has 3 rings (SSSR count). The summed E-state index contributed by atoms with van der Waals surface area (Å²) in [5.41, 5.74) is 1.07. The van der Waals surface area contributed by atoms with E-state index in [-0.39, 0.29) is 17.4 Å². The third-order valence-electron chi connectivity index (χ3n) is 5.02. The van der Waals surface area contributed by atoms with Crippen molar-refractivity contribution in [1.82, 2.24) is 13.9 Å². The zero-order chi connectivity index (χ0) is 20.6. The molecule has 0 saturated carbocycles. The Bertz CT molecular complexity index is 1260. The topological polar surface area (TPSA) is 90.2 Å². The molecular weight excluding hydrogens is 378 g/mol. The molecule has 0 fully saturated rings. The maximum Gasteiger partial charge on any atom is 0.316 e. The van der Waals surface area contributed by atoms with E-state index in [1.165, 1.54) is 29.3 Å². The lowest BCUT2D eigenvalue weighted by Gasteiger charge is -2.16. The maximum atomic E-state index is 12.9. The normalized spacial score (nSPS) is 13.0. The van der Waals surface area contributed by atoms with Gasteiger partial charge in [0, 0.05) is 20.6 Å². The monoisotopic (exact) mass is 401 g/mol. The summed E-state index contributed by atoms with van der Waals surface area (Å²) in [5.74, 6) is 0.00177. The minimum absolute atomic E-state index is 0.00177. The van der Waals surface area contributed by atoms with E-state index in [2.05, 4.69) is 4.72 Å². The van der Waals surface area contributed by atoms with Crippen LogP contribution in [0.5, 0.6) is 0 Å². The van der Waals surface area contributed by atoms with Crippen molar-refractivity contribution in [2.75, 3.05) is 6.54 Å². The fraction of sp³-hybridized carbons (Fsp3) is 0.300. The summed E-state index contributed by atoms with van der Waals surface area (Å²) in [6.45, 7) is 3.87. The van der Waals surface area contributed by atoms with E-state index in [0.29, 0.717) is 16.6 Å². The number of rotatable bonds is 5. The lowest BCUT2D eigenvalue weighted by Crippen LogP contribution is -2.39. The number of aryl methyl sites for hydroxylation is 3. The van der Waals surface area contributed by atoms with Gasteiger partial charge in [-0.3, -0.25) is 9.59 Å². The molecule has 1 unspecified atom stereocenters. The Kier molecular flexibility index (Phi) is 5.27. The highest BCUT2D eigenvalue weighted by Crippen LogP contribution is 2.22. The Morgan fingerprint density at radius 3 is 2.07 bits per heavy atom. The van der Waals surface area contributed by atoms with E-state index in [4.69, 9.17) is 0 Å². The smallest absolute Gasteiger partial charge is 0.305 e. The predicted molar refractivity (Wildman–Crippen MR) is 109 cm³/mol. The molecule has 1 N–H and O–H groups in total. The average molecular weight is 401 g/mol. The largest absolute Gasteiger partial charge is 0.316 e. The number of nitrogens with zero attached hydrogens (tertiary/aromatic N) is 2. The number of aromatic nitrogens is 2. The molecule has 1 heterocycles. The van der Waals surface area contributed by atoms with E-state index in [9.17, 15) is 18.0 Å². The quantitative estimate of drug-likeness (QED) is 0.658. The van der Waals surface area contributed by atoms with E-state index in [1.54, 1.807) is 13.0 Å². The first-order chi connectivity index (χ1) is 13.1. The molecule has 2 aromatic carbocycles. The highest BCUT2D eigenvalue weighted by Gasteiger charge is 2.21. The van der Waals surface area contributed by atoms with Crippen molar-refractivity contribution < 1.29 is 8.42 Å². The third-order valence-corrected chi connectivity index (χ3v) is 6.59. The summed E-state index contributed by atoms with van der Waals surface area (Å²) in [6, 6.07) is 12.7. The number of benzene rings is 2. The van der Waals surface area contributed by atoms with E-state index >= 15 is 0 Å². The second-order valence-electron chi connectivity index (χ2n) is 7.00. The summed E-state index contributed by atoms with van der Waals surface area (Å²) in [6.07, 6.45) is 0. The van der Waals surface area contributed by atoms with Crippen molar-refractivity contribution in [3.63, 3.8) is 0 Å². The molecule has 0 aliphatic carbocycles. The van der Waals surface area contributed by atoms with E-state index in [0.717, 1.165) is 5.56 Å². The van der Waals surface area contributed by atoms with Gasteiger partial charge in [0.05, 0.1) is 15.9 Å². The lowest BCUT2D eigenvalue weighted by molar-refractivity contribution is 0.574. The van der Waals surface area contributed by atoms with Gasteiger partial charge in [0.2, 0.25) is 10.0 Å². The lowest BCUT2D eigenvalue weighted by atomic mass is 10.0. The van der Waals surface area contributed by atoms with Crippen molar-refractivity contribution in [3.05, 3.63) is 74.3 Å². The number of sulfonamides is 1. The molecule has 0 saturated heterocycles. The standard InChI is InChI=1S/C20H23N3O4S/c1-13-10-16-17(23(4)20(25)19(24)22(16)3)11-18(13)28(26,27)21-12-14(2)15-8-6-5-7-9-15/h5-11,14,21H,12H2,1-4H3. The third kappa shape index (κ3) is 3.53. The Morgan fingerprint density at radius 2 is 1.50 bits per heavy atom. The van der Waals surface area contributed by atoms with Crippen molar-refractivity contribution in [3.8, 4) is 0 Å². The molecule has 0 radical (unpaired) electrons. The Morgan fingerprint density at radius 1 is 0.964 bits per heavy atom. The summed E-state index contributed by atoms with van der Waals surface area (Å²) in [4.78, 5) is 24.2. The second-order valence-corrected chi connectivity index (χ2v) is 8.73. The SMILES string of the molecule is Cc1cc2c(cc1S(=O)(=O)NCC(C)c1ccccc1)n(C)c(=O)c(=O)n2C. The summed E-state index contributed by atoms with van der Waals surface area (Å²) < 4.78 is 30.9. The Labute approximate surface area is 163 Å². The molecule has 0 aliphatic heterocycles. The van der Waals surface area contributed by atoms with Gasteiger partial charge in [0.15, 0.2) is 0 Å². The van der Waals surface area contributed by atoms with Crippen LogP contribution in [0.1, 0.15) is 24.0 Å². The first-order valence-corrected chi connectivity index (χ1v) is 10.4. The van der Waals surface area contributed by atoms with Crippen LogP contribution in [0.4, 0.5) is 0 Å².